The topological polar surface area (TPSA) is 101 Å². The molecule has 0 saturated heterocycles. The van der Waals surface area contributed by atoms with Crippen LogP contribution in [0.5, 0.6) is 0 Å². The van der Waals surface area contributed by atoms with Crippen molar-refractivity contribution in [2.24, 2.45) is 5.73 Å². The Labute approximate surface area is 83.8 Å². The lowest BCUT2D eigenvalue weighted by atomic mass is 9.96. The number of hydrogen-bond donors (Lipinski definition) is 3. The highest BCUT2D eigenvalue weighted by Gasteiger charge is 2.31. The maximum atomic E-state index is 10.7. The maximum absolute atomic E-state index is 10.7. The number of carboxylic acids is 2. The third kappa shape index (κ3) is 1.75. The minimum absolute atomic E-state index is 0.0814. The summed E-state index contributed by atoms with van der Waals surface area (Å²) < 4.78 is 0. The lowest BCUT2D eigenvalue weighted by molar-refractivity contribution is -0.143. The highest BCUT2D eigenvalue weighted by atomic mass is 32.1. The molecule has 0 spiro atoms. The molecule has 0 unspecified atom stereocenters. The number of carbonyl (C=O) groups is 2. The summed E-state index contributed by atoms with van der Waals surface area (Å²) in [5, 5.41) is 18.8. The van der Waals surface area contributed by atoms with Crippen molar-refractivity contribution in [1.82, 2.24) is 0 Å². The fourth-order valence-electron chi connectivity index (χ4n) is 0.844. The van der Waals surface area contributed by atoms with Gasteiger partial charge in [0.25, 0.3) is 0 Å². The molecule has 14 heavy (non-hydrogen) atoms. The maximum Gasteiger partial charge on any atom is 0.345 e. The Morgan fingerprint density at radius 1 is 1.50 bits per heavy atom. The lowest BCUT2D eigenvalue weighted by Gasteiger charge is -2.16. The van der Waals surface area contributed by atoms with E-state index in [-0.39, 0.29) is 4.88 Å². The molecule has 6 heteroatoms. The Morgan fingerprint density at radius 2 is 2.07 bits per heavy atom. The monoisotopic (exact) mass is 215 g/mol. The molecule has 0 aliphatic heterocycles. The van der Waals surface area contributed by atoms with Gasteiger partial charge in [-0.25, -0.2) is 9.59 Å². The Morgan fingerprint density at radius 3 is 2.43 bits per heavy atom. The SMILES string of the molecule is C[C@@](N)(C(=O)O)c1csc(C(=O)O)c1. The lowest BCUT2D eigenvalue weighted by Crippen LogP contribution is -2.41. The van der Waals surface area contributed by atoms with Gasteiger partial charge in [-0.05, 0) is 23.9 Å². The molecule has 1 atom stereocenters. The summed E-state index contributed by atoms with van der Waals surface area (Å²) in [7, 11) is 0. The summed E-state index contributed by atoms with van der Waals surface area (Å²) in [5.74, 6) is -2.27. The van der Waals surface area contributed by atoms with E-state index in [9.17, 15) is 9.59 Å². The van der Waals surface area contributed by atoms with Crippen molar-refractivity contribution in [3.63, 3.8) is 0 Å². The number of rotatable bonds is 3. The van der Waals surface area contributed by atoms with Gasteiger partial charge >= 0.3 is 11.9 Å². The van der Waals surface area contributed by atoms with Crippen LogP contribution < -0.4 is 5.73 Å². The van der Waals surface area contributed by atoms with E-state index in [1.54, 1.807) is 0 Å². The first-order valence-corrected chi connectivity index (χ1v) is 4.58. The average molecular weight is 215 g/mol. The molecule has 0 aliphatic carbocycles. The van der Waals surface area contributed by atoms with Crippen LogP contribution in [0.25, 0.3) is 0 Å². The van der Waals surface area contributed by atoms with Crippen molar-refractivity contribution in [1.29, 1.82) is 0 Å². The number of aromatic carboxylic acids is 1. The fraction of sp³-hybridized carbons (Fsp3) is 0.250. The zero-order chi connectivity index (χ0) is 10.9. The number of aliphatic carboxylic acids is 1. The predicted octanol–water partition coefficient (Wildman–Crippen LogP) is 0.705. The van der Waals surface area contributed by atoms with E-state index in [1.807, 2.05) is 0 Å². The van der Waals surface area contributed by atoms with Gasteiger partial charge in [0.1, 0.15) is 10.4 Å². The summed E-state index contributed by atoms with van der Waals surface area (Å²) in [6.45, 7) is 1.32. The Balaban J connectivity index is 3.09. The van der Waals surface area contributed by atoms with Crippen LogP contribution in [0.4, 0.5) is 0 Å². The number of thiophene rings is 1. The van der Waals surface area contributed by atoms with Crippen molar-refractivity contribution in [3.05, 3.63) is 21.9 Å². The molecular weight excluding hydrogens is 206 g/mol. The van der Waals surface area contributed by atoms with Gasteiger partial charge in [0.05, 0.1) is 0 Å². The average Bonchev–Trinajstić information content (AvgIpc) is 2.51. The van der Waals surface area contributed by atoms with E-state index in [0.717, 1.165) is 11.3 Å². The molecule has 0 amide bonds. The number of hydrogen-bond acceptors (Lipinski definition) is 4. The van der Waals surface area contributed by atoms with E-state index in [2.05, 4.69) is 0 Å². The summed E-state index contributed by atoms with van der Waals surface area (Å²) in [6, 6.07) is 1.28. The molecule has 0 fully saturated rings. The van der Waals surface area contributed by atoms with E-state index in [1.165, 1.54) is 18.4 Å². The second kappa shape index (κ2) is 3.39. The van der Waals surface area contributed by atoms with Crippen LogP contribution in [0.1, 0.15) is 22.2 Å². The van der Waals surface area contributed by atoms with Crippen LogP contribution in [-0.2, 0) is 10.3 Å². The van der Waals surface area contributed by atoms with E-state index < -0.39 is 17.5 Å². The van der Waals surface area contributed by atoms with Gasteiger partial charge < -0.3 is 15.9 Å². The minimum Gasteiger partial charge on any atom is -0.480 e. The molecule has 0 radical (unpaired) electrons. The molecule has 0 aromatic carbocycles. The van der Waals surface area contributed by atoms with Gasteiger partial charge in [0, 0.05) is 0 Å². The van der Waals surface area contributed by atoms with Crippen molar-refractivity contribution in [3.8, 4) is 0 Å². The summed E-state index contributed by atoms with van der Waals surface area (Å²) in [5.41, 5.74) is 4.27. The Bertz CT molecular complexity index is 382. The highest BCUT2D eigenvalue weighted by Crippen LogP contribution is 2.24. The molecular formula is C8H9NO4S. The predicted molar refractivity (Wildman–Crippen MR) is 50.5 cm³/mol. The molecule has 1 heterocycles. The van der Waals surface area contributed by atoms with Crippen molar-refractivity contribution >= 4 is 23.3 Å². The van der Waals surface area contributed by atoms with Crippen LogP contribution in [-0.4, -0.2) is 22.2 Å². The number of nitrogens with two attached hydrogens (primary N) is 1. The molecule has 0 bridgehead atoms. The molecule has 1 rings (SSSR count). The third-order valence-electron chi connectivity index (χ3n) is 1.85. The van der Waals surface area contributed by atoms with E-state index in [0.29, 0.717) is 5.56 Å². The van der Waals surface area contributed by atoms with E-state index in [4.69, 9.17) is 15.9 Å². The number of carboxylic acid groups (broad SMARTS) is 2. The zero-order valence-corrected chi connectivity index (χ0v) is 8.17. The van der Waals surface area contributed by atoms with Crippen LogP contribution in [0.3, 0.4) is 0 Å². The van der Waals surface area contributed by atoms with Crippen LogP contribution in [0.2, 0.25) is 0 Å². The zero-order valence-electron chi connectivity index (χ0n) is 7.35. The molecule has 0 saturated carbocycles. The van der Waals surface area contributed by atoms with Gasteiger partial charge in [-0.15, -0.1) is 11.3 Å². The summed E-state index contributed by atoms with van der Waals surface area (Å²) >= 11 is 0.959. The molecule has 4 N–H and O–H groups in total. The van der Waals surface area contributed by atoms with Gasteiger partial charge in [-0.3, -0.25) is 0 Å². The van der Waals surface area contributed by atoms with Crippen molar-refractivity contribution < 1.29 is 19.8 Å². The smallest absolute Gasteiger partial charge is 0.345 e. The van der Waals surface area contributed by atoms with Crippen LogP contribution in [0, 0.1) is 0 Å². The van der Waals surface area contributed by atoms with E-state index >= 15 is 0 Å². The quantitative estimate of drug-likeness (QED) is 0.689. The molecule has 1 aromatic rings. The second-order valence-corrected chi connectivity index (χ2v) is 3.92. The van der Waals surface area contributed by atoms with Gasteiger partial charge in [0.15, 0.2) is 0 Å². The van der Waals surface area contributed by atoms with Crippen LogP contribution in [0.15, 0.2) is 11.4 Å². The standard InChI is InChI=1S/C8H9NO4S/c1-8(9,7(12)13)4-2-5(6(10)11)14-3-4/h2-3H,9H2,1H3,(H,10,11)(H,12,13)/t8-/m0/s1. The highest BCUT2D eigenvalue weighted by molar-refractivity contribution is 7.12. The largest absolute Gasteiger partial charge is 0.480 e. The third-order valence-corrected chi connectivity index (χ3v) is 2.77. The molecule has 5 nitrogen and oxygen atoms in total. The minimum atomic E-state index is -1.54. The summed E-state index contributed by atoms with van der Waals surface area (Å²) in [4.78, 5) is 21.3. The summed E-state index contributed by atoms with van der Waals surface area (Å²) in [6.07, 6.45) is 0. The van der Waals surface area contributed by atoms with Crippen LogP contribution >= 0.6 is 11.3 Å². The van der Waals surface area contributed by atoms with Gasteiger partial charge in [-0.2, -0.15) is 0 Å². The van der Waals surface area contributed by atoms with Gasteiger partial charge in [-0.1, -0.05) is 0 Å². The first-order chi connectivity index (χ1) is 6.35. The van der Waals surface area contributed by atoms with Crippen molar-refractivity contribution in [2.75, 3.05) is 0 Å². The van der Waals surface area contributed by atoms with Crippen molar-refractivity contribution in [2.45, 2.75) is 12.5 Å². The molecule has 0 aliphatic rings. The first-order valence-electron chi connectivity index (χ1n) is 3.70. The first kappa shape index (κ1) is 10.7. The Kier molecular flexibility index (Phi) is 2.59. The van der Waals surface area contributed by atoms with Gasteiger partial charge in [0.2, 0.25) is 0 Å². The fourth-order valence-corrected chi connectivity index (χ4v) is 1.71. The molecule has 76 valence electrons. The molecule has 1 aromatic heterocycles. The Hall–Kier alpha value is -1.40. The normalized spacial score (nSPS) is 14.7. The second-order valence-electron chi connectivity index (χ2n) is 3.01.